The van der Waals surface area contributed by atoms with Crippen molar-refractivity contribution in [2.75, 3.05) is 30.0 Å². The van der Waals surface area contributed by atoms with Crippen LogP contribution in [0.5, 0.6) is 0 Å². The second-order valence-electron chi connectivity index (χ2n) is 8.31. The number of anilines is 2. The largest absolute Gasteiger partial charge is 0.381 e. The van der Waals surface area contributed by atoms with Crippen molar-refractivity contribution in [2.45, 2.75) is 43.9 Å². The molecule has 2 amide bonds. The van der Waals surface area contributed by atoms with Crippen LogP contribution >= 0.6 is 0 Å². The highest BCUT2D eigenvalue weighted by Gasteiger charge is 2.42. The number of benzene rings is 2. The molecule has 5 rings (SSSR count). The molecule has 0 spiro atoms. The van der Waals surface area contributed by atoms with Crippen LogP contribution in [-0.2, 0) is 32.6 Å². The number of aryl methyl sites for hydroxylation is 2. The predicted octanol–water partition coefficient (Wildman–Crippen LogP) is 3.60. The third-order valence-electron chi connectivity index (χ3n) is 6.64. The molecule has 3 aliphatic heterocycles. The van der Waals surface area contributed by atoms with Crippen molar-refractivity contribution in [1.82, 2.24) is 0 Å². The van der Waals surface area contributed by atoms with Gasteiger partial charge in [-0.1, -0.05) is 30.3 Å². The van der Waals surface area contributed by atoms with E-state index in [0.717, 1.165) is 42.7 Å². The minimum absolute atomic E-state index is 0.0405. The van der Waals surface area contributed by atoms with Crippen LogP contribution in [0.1, 0.15) is 42.4 Å². The number of nitrogens with zero attached hydrogens (tertiary/aromatic N) is 1. The first-order valence-corrected chi connectivity index (χ1v) is 10.6. The van der Waals surface area contributed by atoms with Crippen molar-refractivity contribution in [1.29, 1.82) is 0 Å². The highest BCUT2D eigenvalue weighted by molar-refractivity contribution is 6.01. The summed E-state index contributed by atoms with van der Waals surface area (Å²) in [7, 11) is 0. The van der Waals surface area contributed by atoms with Crippen LogP contribution in [0.15, 0.2) is 42.5 Å². The van der Waals surface area contributed by atoms with E-state index >= 15 is 0 Å². The Hall–Kier alpha value is -2.66. The van der Waals surface area contributed by atoms with Gasteiger partial charge in [0.2, 0.25) is 11.8 Å². The minimum Gasteiger partial charge on any atom is -0.381 e. The standard InChI is InChI=1S/C24H26N2O3/c27-21-9-8-18-16-20(15-17-5-4-12-26(21)22(17)18)25-23(28)24(10-13-29-14-11-24)19-6-2-1-3-7-19/h1-3,6-7,15-16H,4-5,8-14H2,(H,25,28). The lowest BCUT2D eigenvalue weighted by atomic mass is 9.73. The van der Waals surface area contributed by atoms with Crippen molar-refractivity contribution in [3.63, 3.8) is 0 Å². The Morgan fingerprint density at radius 1 is 1.00 bits per heavy atom. The molecule has 1 fully saturated rings. The van der Waals surface area contributed by atoms with E-state index in [9.17, 15) is 9.59 Å². The quantitative estimate of drug-likeness (QED) is 0.871. The van der Waals surface area contributed by atoms with Gasteiger partial charge in [0.25, 0.3) is 0 Å². The molecule has 2 aromatic rings. The van der Waals surface area contributed by atoms with Gasteiger partial charge in [0.1, 0.15) is 0 Å². The topological polar surface area (TPSA) is 58.6 Å². The van der Waals surface area contributed by atoms with E-state index < -0.39 is 5.41 Å². The Morgan fingerprint density at radius 3 is 2.48 bits per heavy atom. The van der Waals surface area contributed by atoms with Gasteiger partial charge in [-0.15, -0.1) is 0 Å². The molecule has 1 saturated heterocycles. The SMILES string of the molecule is O=C1CCc2cc(NC(=O)C3(c4ccccc4)CCOCC3)cc3c2N1CCC3. The molecule has 29 heavy (non-hydrogen) atoms. The van der Waals surface area contributed by atoms with Gasteiger partial charge < -0.3 is 15.0 Å². The second-order valence-corrected chi connectivity index (χ2v) is 8.31. The molecule has 0 saturated carbocycles. The summed E-state index contributed by atoms with van der Waals surface area (Å²) in [5.41, 5.74) is 4.79. The fraction of sp³-hybridized carbons (Fsp3) is 0.417. The van der Waals surface area contributed by atoms with Crippen molar-refractivity contribution in [3.05, 3.63) is 59.2 Å². The minimum atomic E-state index is -0.561. The molecule has 1 N–H and O–H groups in total. The van der Waals surface area contributed by atoms with Crippen LogP contribution in [0.4, 0.5) is 11.4 Å². The van der Waals surface area contributed by atoms with Gasteiger partial charge in [-0.05, 0) is 60.9 Å². The number of hydrogen-bond acceptors (Lipinski definition) is 3. The van der Waals surface area contributed by atoms with E-state index in [2.05, 4.69) is 17.4 Å². The van der Waals surface area contributed by atoms with Crippen molar-refractivity contribution < 1.29 is 14.3 Å². The fourth-order valence-electron chi connectivity index (χ4n) is 5.10. The summed E-state index contributed by atoms with van der Waals surface area (Å²) in [6, 6.07) is 14.2. The molecule has 0 bridgehead atoms. The van der Waals surface area contributed by atoms with Crippen LogP contribution in [0, 0.1) is 0 Å². The summed E-state index contributed by atoms with van der Waals surface area (Å²) in [4.78, 5) is 27.8. The van der Waals surface area contributed by atoms with Crippen molar-refractivity contribution in [2.24, 2.45) is 0 Å². The van der Waals surface area contributed by atoms with Crippen molar-refractivity contribution >= 4 is 23.2 Å². The molecule has 2 aromatic carbocycles. The lowest BCUT2D eigenvalue weighted by Gasteiger charge is -2.37. The smallest absolute Gasteiger partial charge is 0.235 e. The Bertz CT molecular complexity index is 931. The molecule has 5 nitrogen and oxygen atoms in total. The van der Waals surface area contributed by atoms with Gasteiger partial charge in [-0.25, -0.2) is 0 Å². The Morgan fingerprint density at radius 2 is 1.72 bits per heavy atom. The van der Waals surface area contributed by atoms with E-state index in [-0.39, 0.29) is 11.8 Å². The molecular weight excluding hydrogens is 364 g/mol. The van der Waals surface area contributed by atoms with E-state index in [4.69, 9.17) is 4.74 Å². The highest BCUT2D eigenvalue weighted by Crippen LogP contribution is 2.40. The predicted molar refractivity (Wildman–Crippen MR) is 112 cm³/mol. The molecule has 0 radical (unpaired) electrons. The average Bonchev–Trinajstić information content (AvgIpc) is 2.77. The number of rotatable bonds is 3. The first kappa shape index (κ1) is 18.4. The van der Waals surface area contributed by atoms with Gasteiger partial charge in [0.05, 0.1) is 11.1 Å². The average molecular weight is 390 g/mol. The number of amides is 2. The third-order valence-corrected chi connectivity index (χ3v) is 6.64. The zero-order valence-electron chi connectivity index (χ0n) is 16.6. The molecular formula is C24H26N2O3. The molecule has 0 aliphatic carbocycles. The molecule has 0 atom stereocenters. The summed E-state index contributed by atoms with van der Waals surface area (Å²) in [6.07, 6.45) is 4.59. The van der Waals surface area contributed by atoms with Crippen LogP contribution in [-0.4, -0.2) is 31.6 Å². The first-order chi connectivity index (χ1) is 14.2. The third kappa shape index (κ3) is 3.14. The van der Waals surface area contributed by atoms with Crippen LogP contribution < -0.4 is 10.2 Å². The van der Waals surface area contributed by atoms with E-state index in [1.807, 2.05) is 35.2 Å². The Kier molecular flexibility index (Phi) is 4.63. The number of hydrogen-bond donors (Lipinski definition) is 1. The van der Waals surface area contributed by atoms with Gasteiger partial charge in [0, 0.05) is 31.9 Å². The number of carbonyl (C=O) groups excluding carboxylic acids is 2. The zero-order valence-corrected chi connectivity index (χ0v) is 16.6. The van der Waals surface area contributed by atoms with Crippen LogP contribution in [0.2, 0.25) is 0 Å². The Labute approximate surface area is 171 Å². The van der Waals surface area contributed by atoms with Crippen LogP contribution in [0.25, 0.3) is 0 Å². The second kappa shape index (κ2) is 7.30. The van der Waals surface area contributed by atoms with Crippen LogP contribution in [0.3, 0.4) is 0 Å². The van der Waals surface area contributed by atoms with Gasteiger partial charge >= 0.3 is 0 Å². The van der Waals surface area contributed by atoms with Crippen molar-refractivity contribution in [3.8, 4) is 0 Å². The highest BCUT2D eigenvalue weighted by atomic mass is 16.5. The number of nitrogens with one attached hydrogen (secondary N) is 1. The zero-order chi connectivity index (χ0) is 19.8. The maximum absolute atomic E-state index is 13.6. The summed E-state index contributed by atoms with van der Waals surface area (Å²) < 4.78 is 5.57. The molecule has 150 valence electrons. The van der Waals surface area contributed by atoms with Gasteiger partial charge in [-0.3, -0.25) is 9.59 Å². The summed E-state index contributed by atoms with van der Waals surface area (Å²) in [5.74, 6) is 0.263. The number of carbonyl (C=O) groups is 2. The summed E-state index contributed by atoms with van der Waals surface area (Å²) >= 11 is 0. The summed E-state index contributed by atoms with van der Waals surface area (Å²) in [6.45, 7) is 1.99. The van der Waals surface area contributed by atoms with E-state index in [0.29, 0.717) is 32.5 Å². The molecule has 0 unspecified atom stereocenters. The first-order valence-electron chi connectivity index (χ1n) is 10.6. The number of ether oxygens (including phenoxy) is 1. The fourth-order valence-corrected chi connectivity index (χ4v) is 5.10. The maximum Gasteiger partial charge on any atom is 0.235 e. The maximum atomic E-state index is 13.6. The molecule has 5 heteroatoms. The van der Waals surface area contributed by atoms with E-state index in [1.54, 1.807) is 0 Å². The summed E-state index contributed by atoms with van der Waals surface area (Å²) in [5, 5.41) is 3.23. The normalized spacial score (nSPS) is 20.1. The lowest BCUT2D eigenvalue weighted by molar-refractivity contribution is -0.125. The van der Waals surface area contributed by atoms with E-state index in [1.165, 1.54) is 11.1 Å². The molecule has 0 aromatic heterocycles. The molecule has 3 heterocycles. The van der Waals surface area contributed by atoms with Gasteiger partial charge in [-0.2, -0.15) is 0 Å². The van der Waals surface area contributed by atoms with Gasteiger partial charge in [0.15, 0.2) is 0 Å². The lowest BCUT2D eigenvalue weighted by Crippen LogP contribution is -2.45. The monoisotopic (exact) mass is 390 g/mol. The Balaban J connectivity index is 1.48. The molecule has 3 aliphatic rings.